The van der Waals surface area contributed by atoms with Crippen LogP contribution in [0.4, 0.5) is 5.69 Å². The highest BCUT2D eigenvalue weighted by atomic mass is 16.6. The van der Waals surface area contributed by atoms with Crippen LogP contribution < -0.4 is 10.2 Å². The van der Waals surface area contributed by atoms with Crippen LogP contribution >= 0.6 is 0 Å². The van der Waals surface area contributed by atoms with E-state index in [1.165, 1.54) is 4.90 Å². The SMILES string of the molecule is Cc1cccc(C)c1N1CC=C[C@]23O[C@@H]4/C=C\CCC(=O)NC[C@@H](C)OC(=O)[C@@H]4[C@H]2C(=O)N(CCO)[C@@H]3C1=O. The van der Waals surface area contributed by atoms with Crippen LogP contribution in [0, 0.1) is 25.7 Å². The number of nitrogens with zero attached hydrogens (tertiary/aromatic N) is 2. The van der Waals surface area contributed by atoms with Crippen LogP contribution in [0.15, 0.2) is 42.5 Å². The van der Waals surface area contributed by atoms with Gasteiger partial charge in [-0.25, -0.2) is 0 Å². The summed E-state index contributed by atoms with van der Waals surface area (Å²) in [4.78, 5) is 57.0. The monoisotopic (exact) mass is 537 g/mol. The van der Waals surface area contributed by atoms with E-state index in [4.69, 9.17) is 9.47 Å². The summed E-state index contributed by atoms with van der Waals surface area (Å²) < 4.78 is 12.3. The van der Waals surface area contributed by atoms with Crippen molar-refractivity contribution in [3.05, 3.63) is 53.6 Å². The molecule has 0 radical (unpaired) electrons. The maximum absolute atomic E-state index is 14.4. The molecule has 3 amide bonds. The van der Waals surface area contributed by atoms with E-state index in [1.54, 1.807) is 30.1 Å². The number of para-hydroxylation sites is 1. The summed E-state index contributed by atoms with van der Waals surface area (Å²) in [7, 11) is 0. The molecular formula is C29H35N3O7. The average molecular weight is 538 g/mol. The molecule has 0 saturated carbocycles. The van der Waals surface area contributed by atoms with Gasteiger partial charge in [-0.2, -0.15) is 0 Å². The van der Waals surface area contributed by atoms with Gasteiger partial charge in [0.25, 0.3) is 5.91 Å². The average Bonchev–Trinajstić information content (AvgIpc) is 3.27. The fraction of sp³-hybridized carbons (Fsp3) is 0.517. The second-order valence-electron chi connectivity index (χ2n) is 10.7. The van der Waals surface area contributed by atoms with E-state index in [0.717, 1.165) is 16.8 Å². The van der Waals surface area contributed by atoms with Crippen LogP contribution in [0.25, 0.3) is 0 Å². The van der Waals surface area contributed by atoms with Gasteiger partial charge in [0.2, 0.25) is 11.8 Å². The molecule has 1 aromatic carbocycles. The zero-order valence-electron chi connectivity index (χ0n) is 22.5. The lowest BCUT2D eigenvalue weighted by atomic mass is 9.78. The summed E-state index contributed by atoms with van der Waals surface area (Å²) in [5, 5.41) is 12.6. The van der Waals surface area contributed by atoms with E-state index in [1.807, 2.05) is 38.1 Å². The first-order valence-corrected chi connectivity index (χ1v) is 13.5. The minimum Gasteiger partial charge on any atom is -0.460 e. The number of anilines is 1. The van der Waals surface area contributed by atoms with Gasteiger partial charge in [-0.1, -0.05) is 42.5 Å². The maximum Gasteiger partial charge on any atom is 0.313 e. The van der Waals surface area contributed by atoms with Gasteiger partial charge in [0, 0.05) is 25.2 Å². The standard InChI is InChI=1S/C29H35N3O7/c1-17-8-6-9-18(2)24(17)31-13-7-12-29-23(26(35)32(14-15-33)25(29)27(31)36)22-20(39-29)10-4-5-11-21(34)30-16-19(3)38-28(22)37/h4,6-10,12,19-20,22-23,25,33H,5,11,13-16H2,1-3H3,(H,30,34)/b10-4-/t19-,20-,22+,23+,25-,29+/m1/s1. The highest BCUT2D eigenvalue weighted by Crippen LogP contribution is 2.53. The van der Waals surface area contributed by atoms with Gasteiger partial charge < -0.3 is 29.7 Å². The third kappa shape index (κ3) is 4.55. The minimum atomic E-state index is -1.43. The van der Waals surface area contributed by atoms with Crippen molar-refractivity contribution in [2.24, 2.45) is 11.8 Å². The minimum absolute atomic E-state index is 0.0734. The summed E-state index contributed by atoms with van der Waals surface area (Å²) in [5.41, 5.74) is 1.17. The molecule has 10 nitrogen and oxygen atoms in total. The van der Waals surface area contributed by atoms with Crippen LogP contribution in [0.5, 0.6) is 0 Å². The molecule has 1 spiro atoms. The Morgan fingerprint density at radius 1 is 1.10 bits per heavy atom. The number of ether oxygens (including phenoxy) is 2. The van der Waals surface area contributed by atoms with E-state index < -0.39 is 47.6 Å². The van der Waals surface area contributed by atoms with E-state index in [-0.39, 0.29) is 44.5 Å². The number of aliphatic hydroxyl groups is 1. The van der Waals surface area contributed by atoms with Gasteiger partial charge >= 0.3 is 5.97 Å². The Hall–Kier alpha value is -3.50. The van der Waals surface area contributed by atoms with Gasteiger partial charge in [-0.05, 0) is 38.3 Å². The number of likely N-dealkylation sites (tertiary alicyclic amines) is 1. The first-order chi connectivity index (χ1) is 18.7. The number of esters is 1. The Bertz CT molecular complexity index is 1220. The van der Waals surface area contributed by atoms with Crippen molar-refractivity contribution in [2.75, 3.05) is 31.1 Å². The third-order valence-electron chi connectivity index (χ3n) is 8.08. The van der Waals surface area contributed by atoms with Crippen molar-refractivity contribution in [1.82, 2.24) is 10.2 Å². The number of carbonyl (C=O) groups is 4. The van der Waals surface area contributed by atoms with Crippen molar-refractivity contribution in [3.63, 3.8) is 0 Å². The van der Waals surface area contributed by atoms with Crippen LogP contribution in [0.3, 0.4) is 0 Å². The molecule has 5 rings (SSSR count). The van der Waals surface area contributed by atoms with Crippen LogP contribution in [-0.2, 0) is 28.7 Å². The lowest BCUT2D eigenvalue weighted by Gasteiger charge is -2.35. The number of β-amino-alcohol motifs (C(OH)–C–C–N with tert-alkyl or cyclic N) is 1. The number of hydrogen-bond acceptors (Lipinski definition) is 7. The first-order valence-electron chi connectivity index (χ1n) is 13.5. The summed E-state index contributed by atoms with van der Waals surface area (Å²) in [5.74, 6) is -3.55. The van der Waals surface area contributed by atoms with Crippen molar-refractivity contribution < 1.29 is 33.8 Å². The first kappa shape index (κ1) is 27.1. The Morgan fingerprint density at radius 3 is 2.56 bits per heavy atom. The molecule has 39 heavy (non-hydrogen) atoms. The predicted molar refractivity (Wildman–Crippen MR) is 142 cm³/mol. The molecule has 10 heteroatoms. The molecule has 0 bridgehead atoms. The Balaban J connectivity index is 1.60. The lowest BCUT2D eigenvalue weighted by molar-refractivity contribution is -0.158. The van der Waals surface area contributed by atoms with Crippen molar-refractivity contribution >= 4 is 29.4 Å². The maximum atomic E-state index is 14.4. The Labute approximate surface area is 227 Å². The number of aryl methyl sites for hydroxylation is 2. The van der Waals surface area contributed by atoms with Gasteiger partial charge in [0.1, 0.15) is 23.7 Å². The van der Waals surface area contributed by atoms with Crippen molar-refractivity contribution in [2.45, 2.75) is 57.5 Å². The van der Waals surface area contributed by atoms with Gasteiger partial charge in [-0.15, -0.1) is 0 Å². The van der Waals surface area contributed by atoms with E-state index in [9.17, 15) is 24.3 Å². The second kappa shape index (κ2) is 10.6. The number of benzene rings is 1. The van der Waals surface area contributed by atoms with Gasteiger partial charge in [-0.3, -0.25) is 19.2 Å². The summed E-state index contributed by atoms with van der Waals surface area (Å²) in [6.07, 6.45) is 6.29. The Kier molecular flexibility index (Phi) is 7.35. The summed E-state index contributed by atoms with van der Waals surface area (Å²) >= 11 is 0. The number of amides is 3. The highest BCUT2D eigenvalue weighted by molar-refractivity contribution is 6.06. The normalized spacial score (nSPS) is 33.8. The molecule has 0 aromatic heterocycles. The molecule has 6 atom stereocenters. The summed E-state index contributed by atoms with van der Waals surface area (Å²) in [6, 6.07) is 4.71. The second-order valence-corrected chi connectivity index (χ2v) is 10.7. The molecule has 2 saturated heterocycles. The molecule has 4 heterocycles. The zero-order valence-corrected chi connectivity index (χ0v) is 22.5. The number of fused-ring (bicyclic) bond motifs is 2. The van der Waals surface area contributed by atoms with E-state index >= 15 is 0 Å². The number of aliphatic hydroxyl groups excluding tert-OH is 1. The molecule has 2 fully saturated rings. The topological polar surface area (TPSA) is 125 Å². The molecular weight excluding hydrogens is 502 g/mol. The predicted octanol–water partition coefficient (Wildman–Crippen LogP) is 1.18. The summed E-state index contributed by atoms with van der Waals surface area (Å²) in [6.45, 7) is 5.53. The number of carbonyl (C=O) groups excluding carboxylic acids is 4. The largest absolute Gasteiger partial charge is 0.460 e. The number of cyclic esters (lactones) is 1. The van der Waals surface area contributed by atoms with Crippen LogP contribution in [0.2, 0.25) is 0 Å². The van der Waals surface area contributed by atoms with Crippen molar-refractivity contribution in [1.29, 1.82) is 0 Å². The fourth-order valence-corrected chi connectivity index (χ4v) is 6.44. The molecule has 208 valence electrons. The van der Waals surface area contributed by atoms with Crippen LogP contribution in [0.1, 0.15) is 30.9 Å². The number of rotatable bonds is 3. The molecule has 0 unspecified atom stereocenters. The van der Waals surface area contributed by atoms with E-state index in [0.29, 0.717) is 6.42 Å². The quantitative estimate of drug-likeness (QED) is 0.438. The highest BCUT2D eigenvalue weighted by Gasteiger charge is 2.71. The molecule has 1 aromatic rings. The molecule has 4 aliphatic rings. The number of nitrogens with one attached hydrogen (secondary N) is 1. The molecule has 0 aliphatic carbocycles. The third-order valence-corrected chi connectivity index (χ3v) is 8.08. The van der Waals surface area contributed by atoms with E-state index in [2.05, 4.69) is 5.32 Å². The smallest absolute Gasteiger partial charge is 0.313 e. The lowest BCUT2D eigenvalue weighted by Crippen LogP contribution is -2.56. The van der Waals surface area contributed by atoms with Gasteiger partial charge in [0.15, 0.2) is 0 Å². The van der Waals surface area contributed by atoms with Crippen LogP contribution in [-0.4, -0.2) is 83.8 Å². The fourth-order valence-electron chi connectivity index (χ4n) is 6.44. The number of hydrogen-bond donors (Lipinski definition) is 2. The van der Waals surface area contributed by atoms with Gasteiger partial charge in [0.05, 0.1) is 25.2 Å². The molecule has 2 N–H and O–H groups in total. The molecule has 4 aliphatic heterocycles. The van der Waals surface area contributed by atoms with Crippen molar-refractivity contribution in [3.8, 4) is 0 Å². The number of allylic oxidation sites excluding steroid dienone is 1. The Morgan fingerprint density at radius 2 is 1.85 bits per heavy atom. The zero-order chi connectivity index (χ0) is 27.9.